The number of aliphatic carboxylic acids is 10. The third kappa shape index (κ3) is 23.8. The summed E-state index contributed by atoms with van der Waals surface area (Å²) in [5.41, 5.74) is 7.63. The van der Waals surface area contributed by atoms with Crippen LogP contribution in [0.4, 0.5) is 0 Å². The molecule has 522 valence electrons. The third-order valence-electron chi connectivity index (χ3n) is 15.9. The van der Waals surface area contributed by atoms with Crippen LogP contribution in [0.15, 0.2) is 24.3 Å². The van der Waals surface area contributed by atoms with E-state index in [1.54, 1.807) is 65.8 Å². The number of H-pyrrole nitrogens is 2. The number of rotatable bonds is 42. The Bertz CT molecular complexity index is 3730. The molecule has 8 bridgehead atoms. The lowest BCUT2D eigenvalue weighted by Gasteiger charge is -2.29. The van der Waals surface area contributed by atoms with Gasteiger partial charge in [-0.25, -0.2) is 9.97 Å². The molecular weight excluding hydrogens is 1260 g/mol. The first kappa shape index (κ1) is 76.7. The summed E-state index contributed by atoms with van der Waals surface area (Å²) in [7, 11) is 0. The maximum atomic E-state index is 14.2. The molecule has 34 nitrogen and oxygen atoms in total. The molecule has 5 rings (SSSR count). The van der Waals surface area contributed by atoms with Gasteiger partial charge in [-0.05, 0) is 112 Å². The molecule has 0 spiro atoms. The average Bonchev–Trinajstić information content (AvgIpc) is 1.62. The fourth-order valence-electron chi connectivity index (χ4n) is 11.6. The van der Waals surface area contributed by atoms with Gasteiger partial charge in [0.2, 0.25) is 11.8 Å². The third-order valence-corrected chi connectivity index (χ3v) is 15.9. The van der Waals surface area contributed by atoms with Crippen molar-refractivity contribution < 1.29 is 109 Å². The SMILES string of the molecule is CC1=C(CCC(=O)O)c2cc3nc(cc4[nH]c(cc5[nH]c(cc1n2)c(C)c5C(C)NC(=O)CN(CCN(CC(=O)O)CC(CC(=O)O)NCC(=O)O)CC(=O)O)c(C)c4C(C)NC(=O)CN(CCN(CC(=O)O)CC(CC(=O)O)NCC(=O)O)CC(=O)O)C(C)=C3CCC(=O)O. The fraction of sp³-hybridized carbons (Fsp3) is 0.484. The van der Waals surface area contributed by atoms with E-state index in [9.17, 15) is 109 Å². The van der Waals surface area contributed by atoms with Gasteiger partial charge in [-0.1, -0.05) is 0 Å². The number of aryl methyl sites for hydroxylation is 2. The summed E-state index contributed by atoms with van der Waals surface area (Å²) in [6, 6.07) is 2.97. The van der Waals surface area contributed by atoms with Crippen LogP contribution in [0, 0.1) is 13.8 Å². The van der Waals surface area contributed by atoms with Crippen molar-refractivity contribution in [3.8, 4) is 0 Å². The lowest BCUT2D eigenvalue weighted by molar-refractivity contribution is -0.141. The predicted octanol–water partition coefficient (Wildman–Crippen LogP) is 1.46. The number of hydrogen-bond acceptors (Lipinski definition) is 20. The van der Waals surface area contributed by atoms with Gasteiger partial charge >= 0.3 is 59.7 Å². The van der Waals surface area contributed by atoms with Gasteiger partial charge in [0.05, 0.1) is 100 Å². The lowest BCUT2D eigenvalue weighted by atomic mass is 9.98. The van der Waals surface area contributed by atoms with Gasteiger partial charge in [-0.2, -0.15) is 0 Å². The second kappa shape index (κ2) is 35.5. The highest BCUT2D eigenvalue weighted by atomic mass is 16.4. The van der Waals surface area contributed by atoms with Crippen LogP contribution in [0.5, 0.6) is 0 Å². The molecule has 4 unspecified atom stereocenters. The molecule has 0 saturated carbocycles. The Hall–Kier alpha value is -10.0. The summed E-state index contributed by atoms with van der Waals surface area (Å²) < 4.78 is 0. The largest absolute Gasteiger partial charge is 0.481 e. The van der Waals surface area contributed by atoms with Crippen LogP contribution in [0.2, 0.25) is 0 Å². The van der Waals surface area contributed by atoms with E-state index in [0.29, 0.717) is 89.4 Å². The van der Waals surface area contributed by atoms with Crippen molar-refractivity contribution in [1.82, 2.24) is 60.8 Å². The monoisotopic (exact) mass is 1350 g/mol. The molecule has 3 aromatic heterocycles. The molecule has 2 aliphatic rings. The molecule has 0 fully saturated rings. The summed E-state index contributed by atoms with van der Waals surface area (Å²) >= 11 is 0. The Morgan fingerprint density at radius 2 is 0.740 bits per heavy atom. The minimum atomic E-state index is -1.35. The first-order valence-corrected chi connectivity index (χ1v) is 30.4. The molecule has 0 aromatic carbocycles. The zero-order valence-electron chi connectivity index (χ0n) is 53.8. The van der Waals surface area contributed by atoms with Crippen LogP contribution < -0.4 is 21.3 Å². The summed E-state index contributed by atoms with van der Waals surface area (Å²) in [4.78, 5) is 169. The normalized spacial score (nSPS) is 13.6. The number of nitrogens with zero attached hydrogens (tertiary/aromatic N) is 6. The molecule has 34 heteroatoms. The summed E-state index contributed by atoms with van der Waals surface area (Å²) in [6.45, 7) is 3.92. The number of amides is 2. The molecule has 3 aromatic rings. The Balaban J connectivity index is 1.65. The van der Waals surface area contributed by atoms with Gasteiger partial charge in [0.15, 0.2) is 0 Å². The van der Waals surface area contributed by atoms with Crippen LogP contribution in [-0.2, 0) is 57.5 Å². The van der Waals surface area contributed by atoms with Crippen molar-refractivity contribution >= 4 is 116 Å². The van der Waals surface area contributed by atoms with Crippen LogP contribution in [0.25, 0.3) is 44.4 Å². The number of fused-ring (bicyclic) bond motifs is 8. The second-order valence-electron chi connectivity index (χ2n) is 23.5. The molecule has 2 aliphatic heterocycles. The van der Waals surface area contributed by atoms with E-state index < -0.39 is 161 Å². The van der Waals surface area contributed by atoms with Crippen molar-refractivity contribution in [1.29, 1.82) is 0 Å². The molecule has 96 heavy (non-hydrogen) atoms. The summed E-state index contributed by atoms with van der Waals surface area (Å²) in [6.07, 6.45) is -1.66. The van der Waals surface area contributed by atoms with E-state index >= 15 is 0 Å². The number of allylic oxidation sites excluding steroid dienone is 4. The minimum absolute atomic E-state index is 0.0290. The molecule has 4 atom stereocenters. The van der Waals surface area contributed by atoms with Crippen molar-refractivity contribution in [2.24, 2.45) is 0 Å². The number of carboxylic acid groups (broad SMARTS) is 10. The highest BCUT2D eigenvalue weighted by Crippen LogP contribution is 2.39. The van der Waals surface area contributed by atoms with Crippen LogP contribution in [-0.4, -0.2) is 266 Å². The Kier molecular flexibility index (Phi) is 28.4. The fourth-order valence-corrected chi connectivity index (χ4v) is 11.6. The van der Waals surface area contributed by atoms with Gasteiger partial charge in [0, 0.05) is 97.4 Å². The minimum Gasteiger partial charge on any atom is -0.481 e. The van der Waals surface area contributed by atoms with E-state index in [0.717, 1.165) is 0 Å². The standard InChI is InChI=1S/C62H82N12O22/c1-31-39(7-9-51(77)78)45-20-46-40(8-10-52(79)80)32(2)42(68-46)18-47-62(36(6)66-50(76)26-74(30-60(95)96)14-12-72(28-58(91)92)24-38(16-54(83)84)64-22-56(87)88)34(4)44(70-47)19-48-61(33(3)43(69-48)17-41(31)67-45)35(5)65-49(75)25-73(29-59(93)94)13-11-71(27-57(89)90)23-37(15-53(81)82)63-21-55(85)86/h17-20,35-38,63-64,69-70H,7-16,21-30H2,1-6H3,(H,65,75)(H,66,76)(H,77,78)(H,79,80)(H,81,82)(H,83,84)(H,85,86)(H,87,88)(H,89,90)(H,91,92)(H,93,94)(H,95,96). The highest BCUT2D eigenvalue weighted by Gasteiger charge is 2.29. The lowest BCUT2D eigenvalue weighted by Crippen LogP contribution is -2.49. The molecule has 0 saturated heterocycles. The smallest absolute Gasteiger partial charge is 0.317 e. The van der Waals surface area contributed by atoms with Crippen LogP contribution in [0.1, 0.15) is 123 Å². The van der Waals surface area contributed by atoms with E-state index in [2.05, 4.69) is 31.2 Å². The number of carboxylic acids is 10. The van der Waals surface area contributed by atoms with Crippen molar-refractivity contribution in [3.05, 3.63) is 69.3 Å². The zero-order valence-corrected chi connectivity index (χ0v) is 53.8. The number of hydrogen-bond donors (Lipinski definition) is 16. The zero-order chi connectivity index (χ0) is 71.4. The van der Waals surface area contributed by atoms with Crippen LogP contribution >= 0.6 is 0 Å². The number of carbonyl (C=O) groups excluding carboxylic acids is 2. The summed E-state index contributed by atoms with van der Waals surface area (Å²) in [5.74, 6) is -14.1. The number of carbonyl (C=O) groups is 12. The van der Waals surface area contributed by atoms with Crippen molar-refractivity contribution in [2.75, 3.05) is 91.6 Å². The number of aromatic nitrogens is 4. The molecule has 16 N–H and O–H groups in total. The van der Waals surface area contributed by atoms with Gasteiger partial charge in [0.25, 0.3) is 0 Å². The van der Waals surface area contributed by atoms with Gasteiger partial charge in [-0.15, -0.1) is 0 Å². The van der Waals surface area contributed by atoms with Crippen LogP contribution in [0.3, 0.4) is 0 Å². The molecular formula is C62H82N12O22. The van der Waals surface area contributed by atoms with Gasteiger partial charge in [-0.3, -0.25) is 77.1 Å². The molecule has 2 amide bonds. The van der Waals surface area contributed by atoms with E-state index in [4.69, 9.17) is 9.97 Å². The number of aromatic amines is 2. The van der Waals surface area contributed by atoms with E-state index in [1.807, 2.05) is 0 Å². The molecule has 0 aliphatic carbocycles. The first-order chi connectivity index (χ1) is 45.1. The maximum absolute atomic E-state index is 14.2. The van der Waals surface area contributed by atoms with Crippen molar-refractivity contribution in [2.45, 2.75) is 104 Å². The topological polar surface area (TPSA) is 526 Å². The van der Waals surface area contributed by atoms with Gasteiger partial charge in [0.1, 0.15) is 0 Å². The Morgan fingerprint density at radius 1 is 0.406 bits per heavy atom. The quantitative estimate of drug-likeness (QED) is 0.0382. The predicted molar refractivity (Wildman–Crippen MR) is 342 cm³/mol. The van der Waals surface area contributed by atoms with E-state index in [1.165, 1.54) is 19.6 Å². The number of nitrogens with one attached hydrogen (secondary N) is 6. The molecule has 5 heterocycles. The maximum Gasteiger partial charge on any atom is 0.317 e. The van der Waals surface area contributed by atoms with Crippen molar-refractivity contribution in [3.63, 3.8) is 0 Å². The molecule has 0 radical (unpaired) electrons. The first-order valence-electron chi connectivity index (χ1n) is 30.4. The Labute approximate surface area is 548 Å². The second-order valence-corrected chi connectivity index (χ2v) is 23.5. The summed E-state index contributed by atoms with van der Waals surface area (Å²) in [5, 5.41) is 107. The van der Waals surface area contributed by atoms with Gasteiger partial charge < -0.3 is 82.3 Å². The highest BCUT2D eigenvalue weighted by molar-refractivity contribution is 5.97. The Morgan fingerprint density at radius 3 is 1.08 bits per heavy atom. The van der Waals surface area contributed by atoms with E-state index in [-0.39, 0.29) is 65.0 Å². The average molecular weight is 1350 g/mol.